The van der Waals surface area contributed by atoms with E-state index in [1.54, 1.807) is 36.4 Å². The first-order valence-corrected chi connectivity index (χ1v) is 9.87. The maximum absolute atomic E-state index is 13.7. The molecule has 3 aromatic carbocycles. The minimum atomic E-state index is -0.718. The second-order valence-corrected chi connectivity index (χ2v) is 8.29. The number of nitrogens with one attached hydrogen (secondary N) is 2. The minimum absolute atomic E-state index is 0.0173. The molecule has 0 fully saturated rings. The van der Waals surface area contributed by atoms with Crippen LogP contribution in [0.5, 0.6) is 0 Å². The van der Waals surface area contributed by atoms with Gasteiger partial charge in [-0.25, -0.2) is 8.78 Å². The Labute approximate surface area is 180 Å². The fourth-order valence-corrected chi connectivity index (χ4v) is 2.97. The van der Waals surface area contributed by atoms with Crippen molar-refractivity contribution in [3.05, 3.63) is 101 Å². The van der Waals surface area contributed by atoms with Crippen LogP contribution in [0.4, 0.5) is 14.5 Å². The maximum atomic E-state index is 13.7. The fourth-order valence-electron chi connectivity index (χ4n) is 2.97. The third-order valence-corrected chi connectivity index (χ3v) is 4.86. The summed E-state index contributed by atoms with van der Waals surface area (Å²) in [6.07, 6.45) is 0. The molecule has 2 N–H and O–H groups in total. The average molecular weight is 422 g/mol. The number of hydrogen-bond acceptors (Lipinski definition) is 2. The highest BCUT2D eigenvalue weighted by Crippen LogP contribution is 2.22. The topological polar surface area (TPSA) is 58.2 Å². The van der Waals surface area contributed by atoms with Gasteiger partial charge >= 0.3 is 0 Å². The van der Waals surface area contributed by atoms with E-state index in [9.17, 15) is 18.4 Å². The number of amides is 2. The smallest absolute Gasteiger partial charge is 0.255 e. The van der Waals surface area contributed by atoms with Gasteiger partial charge in [0, 0.05) is 23.7 Å². The molecule has 2 amide bonds. The van der Waals surface area contributed by atoms with Crippen molar-refractivity contribution in [2.24, 2.45) is 0 Å². The van der Waals surface area contributed by atoms with Crippen LogP contribution < -0.4 is 10.6 Å². The fraction of sp³-hybridized carbons (Fsp3) is 0.200. The number of halogens is 2. The van der Waals surface area contributed by atoms with Crippen LogP contribution in [0.1, 0.15) is 52.6 Å². The van der Waals surface area contributed by atoms with Crippen LogP contribution >= 0.6 is 0 Å². The predicted molar refractivity (Wildman–Crippen MR) is 117 cm³/mol. The highest BCUT2D eigenvalue weighted by molar-refractivity contribution is 6.04. The summed E-state index contributed by atoms with van der Waals surface area (Å²) in [6, 6.07) is 16.9. The highest BCUT2D eigenvalue weighted by atomic mass is 19.1. The van der Waals surface area contributed by atoms with E-state index in [1.807, 2.05) is 12.1 Å². The third kappa shape index (κ3) is 5.75. The van der Waals surface area contributed by atoms with Crippen LogP contribution in [0.25, 0.3) is 0 Å². The summed E-state index contributed by atoms with van der Waals surface area (Å²) < 4.78 is 26.9. The molecule has 160 valence electrons. The standard InChI is InChI=1S/C25H24F2N2O2/c1-25(2,3)19-10-8-17(9-11-19)23(30)28-15-16-4-6-18(7-5-16)24(31)29-22-14-20(26)12-13-21(22)27/h4-14H,15H2,1-3H3,(H,28,30)(H,29,31). The number of carbonyl (C=O) groups excluding carboxylic acids is 2. The van der Waals surface area contributed by atoms with Gasteiger partial charge in [-0.15, -0.1) is 0 Å². The summed E-state index contributed by atoms with van der Waals surface area (Å²) in [5, 5.41) is 5.19. The summed E-state index contributed by atoms with van der Waals surface area (Å²) in [4.78, 5) is 24.6. The van der Waals surface area contributed by atoms with Crippen molar-refractivity contribution in [2.45, 2.75) is 32.7 Å². The predicted octanol–water partition coefficient (Wildman–Crippen LogP) is 5.44. The van der Waals surface area contributed by atoms with Gasteiger partial charge in [0.15, 0.2) is 0 Å². The van der Waals surface area contributed by atoms with E-state index >= 15 is 0 Å². The molecule has 0 aliphatic carbocycles. The van der Waals surface area contributed by atoms with E-state index in [0.29, 0.717) is 12.1 Å². The van der Waals surface area contributed by atoms with Crippen LogP contribution in [-0.4, -0.2) is 11.8 Å². The molecule has 6 heteroatoms. The van der Waals surface area contributed by atoms with Crippen molar-refractivity contribution in [2.75, 3.05) is 5.32 Å². The largest absolute Gasteiger partial charge is 0.348 e. The van der Waals surface area contributed by atoms with Gasteiger partial charge in [0.05, 0.1) is 5.69 Å². The molecule has 3 rings (SSSR count). The minimum Gasteiger partial charge on any atom is -0.348 e. The Kier molecular flexibility index (Phi) is 6.49. The summed E-state index contributed by atoms with van der Waals surface area (Å²) in [5.74, 6) is -2.11. The van der Waals surface area contributed by atoms with E-state index < -0.39 is 17.5 Å². The van der Waals surface area contributed by atoms with Crippen LogP contribution in [0.15, 0.2) is 66.7 Å². The lowest BCUT2D eigenvalue weighted by Gasteiger charge is -2.19. The first kappa shape index (κ1) is 22.2. The zero-order chi connectivity index (χ0) is 22.6. The Morgan fingerprint density at radius 3 is 2.00 bits per heavy atom. The molecular formula is C25H24F2N2O2. The molecule has 4 nitrogen and oxygen atoms in total. The van der Waals surface area contributed by atoms with Crippen molar-refractivity contribution >= 4 is 17.5 Å². The van der Waals surface area contributed by atoms with Gasteiger partial charge in [-0.05, 0) is 52.9 Å². The van der Waals surface area contributed by atoms with E-state index in [-0.39, 0.29) is 22.6 Å². The van der Waals surface area contributed by atoms with Crippen LogP contribution in [0, 0.1) is 11.6 Å². The maximum Gasteiger partial charge on any atom is 0.255 e. The van der Waals surface area contributed by atoms with Gasteiger partial charge < -0.3 is 10.6 Å². The van der Waals surface area contributed by atoms with E-state index in [2.05, 4.69) is 31.4 Å². The second kappa shape index (κ2) is 9.08. The number of anilines is 1. The van der Waals surface area contributed by atoms with Gasteiger partial charge in [-0.2, -0.15) is 0 Å². The Bertz CT molecular complexity index is 1090. The normalized spacial score (nSPS) is 11.1. The Balaban J connectivity index is 1.58. The Morgan fingerprint density at radius 1 is 0.806 bits per heavy atom. The van der Waals surface area contributed by atoms with Gasteiger partial charge in [0.2, 0.25) is 0 Å². The molecule has 0 bridgehead atoms. The molecule has 0 saturated carbocycles. The quantitative estimate of drug-likeness (QED) is 0.575. The molecule has 0 aromatic heterocycles. The first-order chi connectivity index (χ1) is 14.6. The lowest BCUT2D eigenvalue weighted by Crippen LogP contribution is -2.23. The van der Waals surface area contributed by atoms with Crippen LogP contribution in [0.3, 0.4) is 0 Å². The summed E-state index contributed by atoms with van der Waals surface area (Å²) in [7, 11) is 0. The van der Waals surface area contributed by atoms with E-state index in [0.717, 1.165) is 29.3 Å². The Morgan fingerprint density at radius 2 is 1.39 bits per heavy atom. The molecular weight excluding hydrogens is 398 g/mol. The first-order valence-electron chi connectivity index (χ1n) is 9.87. The number of benzene rings is 3. The van der Waals surface area contributed by atoms with Crippen molar-refractivity contribution in [1.29, 1.82) is 0 Å². The van der Waals surface area contributed by atoms with Crippen molar-refractivity contribution in [3.8, 4) is 0 Å². The van der Waals surface area contributed by atoms with E-state index in [4.69, 9.17) is 0 Å². The molecule has 0 atom stereocenters. The zero-order valence-electron chi connectivity index (χ0n) is 17.6. The van der Waals surface area contributed by atoms with Gasteiger partial charge in [0.25, 0.3) is 11.8 Å². The summed E-state index contributed by atoms with van der Waals surface area (Å²) in [6.45, 7) is 6.63. The van der Waals surface area contributed by atoms with Crippen molar-refractivity contribution in [3.63, 3.8) is 0 Å². The molecule has 3 aromatic rings. The van der Waals surface area contributed by atoms with Gasteiger partial charge in [-0.3, -0.25) is 9.59 Å². The number of rotatable bonds is 5. The number of carbonyl (C=O) groups is 2. The van der Waals surface area contributed by atoms with Crippen molar-refractivity contribution < 1.29 is 18.4 Å². The Hall–Kier alpha value is -3.54. The highest BCUT2D eigenvalue weighted by Gasteiger charge is 2.14. The number of hydrogen-bond donors (Lipinski definition) is 2. The lowest BCUT2D eigenvalue weighted by molar-refractivity contribution is 0.0949. The zero-order valence-corrected chi connectivity index (χ0v) is 17.6. The van der Waals surface area contributed by atoms with Crippen LogP contribution in [0.2, 0.25) is 0 Å². The van der Waals surface area contributed by atoms with Gasteiger partial charge in [-0.1, -0.05) is 45.0 Å². The molecule has 0 aliphatic rings. The summed E-state index contributed by atoms with van der Waals surface area (Å²) in [5.41, 5.74) is 2.60. The molecule has 0 saturated heterocycles. The molecule has 0 radical (unpaired) electrons. The SMILES string of the molecule is CC(C)(C)c1ccc(C(=O)NCc2ccc(C(=O)Nc3cc(F)ccc3F)cc2)cc1. The molecule has 0 spiro atoms. The van der Waals surface area contributed by atoms with Crippen molar-refractivity contribution in [1.82, 2.24) is 5.32 Å². The molecule has 31 heavy (non-hydrogen) atoms. The summed E-state index contributed by atoms with van der Waals surface area (Å²) >= 11 is 0. The molecule has 0 heterocycles. The molecule has 0 aliphatic heterocycles. The lowest BCUT2D eigenvalue weighted by atomic mass is 9.87. The average Bonchev–Trinajstić information content (AvgIpc) is 2.74. The van der Waals surface area contributed by atoms with E-state index in [1.165, 1.54) is 0 Å². The third-order valence-electron chi connectivity index (χ3n) is 4.86. The second-order valence-electron chi connectivity index (χ2n) is 8.29. The van der Waals surface area contributed by atoms with Crippen LogP contribution in [-0.2, 0) is 12.0 Å². The monoisotopic (exact) mass is 422 g/mol. The molecule has 0 unspecified atom stereocenters. The van der Waals surface area contributed by atoms with Gasteiger partial charge in [0.1, 0.15) is 11.6 Å².